The smallest absolute Gasteiger partial charge is 0.319 e. The number of aromatic nitrogens is 5. The minimum Gasteiger partial charge on any atom is -0.461 e. The molecule has 4 aliphatic heterocycles. The lowest BCUT2D eigenvalue weighted by atomic mass is 9.95. The van der Waals surface area contributed by atoms with Gasteiger partial charge in [-0.25, -0.2) is 14.4 Å². The van der Waals surface area contributed by atoms with Crippen molar-refractivity contribution in [3.63, 3.8) is 0 Å². The van der Waals surface area contributed by atoms with Gasteiger partial charge >= 0.3 is 6.01 Å². The Bertz CT molecular complexity index is 1690. The molecule has 7 heterocycles. The molecular formula is C31H39ClFN9O2. The number of hydrogen-bond acceptors (Lipinski definition) is 10. The zero-order chi connectivity index (χ0) is 30.6. The van der Waals surface area contributed by atoms with Crippen molar-refractivity contribution < 1.29 is 13.9 Å². The molecule has 3 aromatic heterocycles. The van der Waals surface area contributed by atoms with Crippen molar-refractivity contribution in [3.8, 4) is 17.1 Å². The van der Waals surface area contributed by atoms with Gasteiger partial charge in [0.05, 0.1) is 22.3 Å². The molecule has 4 fully saturated rings. The van der Waals surface area contributed by atoms with Crippen LogP contribution in [-0.4, -0.2) is 94.0 Å². The number of aryl methyl sites for hydroxylation is 1. The zero-order valence-electron chi connectivity index (χ0n) is 25.4. The normalized spacial score (nSPS) is 22.4. The van der Waals surface area contributed by atoms with Gasteiger partial charge in [0.15, 0.2) is 5.82 Å². The van der Waals surface area contributed by atoms with Gasteiger partial charge in [-0.05, 0) is 57.7 Å². The molecule has 0 saturated carbocycles. The third-order valence-corrected chi connectivity index (χ3v) is 9.95. The molecular weight excluding hydrogens is 585 g/mol. The second kappa shape index (κ2) is 11.6. The standard InChI is InChI=1S/C29H33ClFN9O.C2H6O/c1-38-14-19(24-21(38)11-33-27(32)35-24)22-20(30)10-18-25(23(22)31)36-28(41-15-29-6-2-8-40(29)9-3-7-29)37-26(18)39-12-16-4-5-17(13-39)34-16;1-3-2/h10-11,14,16-17,34H,2-9,12-13,15H2,1H3,(H2,32,33,35);1-2H3. The van der Waals surface area contributed by atoms with E-state index in [1.807, 2.05) is 11.6 Å². The second-order valence-electron chi connectivity index (χ2n) is 12.5. The van der Waals surface area contributed by atoms with E-state index in [9.17, 15) is 0 Å². The number of nitrogen functional groups attached to an aromatic ring is 1. The van der Waals surface area contributed by atoms with Crippen LogP contribution < -0.4 is 20.7 Å². The van der Waals surface area contributed by atoms with E-state index < -0.39 is 5.82 Å². The lowest BCUT2D eigenvalue weighted by Gasteiger charge is -2.35. The van der Waals surface area contributed by atoms with Crippen molar-refractivity contribution in [2.75, 3.05) is 57.6 Å². The molecule has 0 aliphatic carbocycles. The number of ether oxygens (including phenoxy) is 2. The summed E-state index contributed by atoms with van der Waals surface area (Å²) >= 11 is 6.87. The molecule has 1 aromatic carbocycles. The Labute approximate surface area is 260 Å². The minimum atomic E-state index is -0.523. The van der Waals surface area contributed by atoms with Gasteiger partial charge in [-0.1, -0.05) is 11.6 Å². The number of rotatable bonds is 5. The number of halogens is 2. The highest BCUT2D eigenvalue weighted by Crippen LogP contribution is 2.43. The van der Waals surface area contributed by atoms with Crippen molar-refractivity contribution in [2.45, 2.75) is 56.1 Å². The topological polar surface area (TPSA) is 119 Å². The number of methoxy groups -OCH3 is 1. The molecule has 44 heavy (non-hydrogen) atoms. The van der Waals surface area contributed by atoms with Gasteiger partial charge in [0, 0.05) is 69.2 Å². The second-order valence-corrected chi connectivity index (χ2v) is 13.0. The van der Waals surface area contributed by atoms with E-state index in [0.29, 0.717) is 41.0 Å². The first-order chi connectivity index (χ1) is 21.3. The SMILES string of the molecule is COC.Cn1cc(-c2c(Cl)cc3c(N4CC5CCC(C4)N5)nc(OCC45CCCN4CCC5)nc3c2F)c2nc(N)ncc21. The summed E-state index contributed by atoms with van der Waals surface area (Å²) in [7, 11) is 5.11. The van der Waals surface area contributed by atoms with Gasteiger partial charge < -0.3 is 30.0 Å². The maximum Gasteiger partial charge on any atom is 0.319 e. The Morgan fingerprint density at radius 1 is 1.09 bits per heavy atom. The van der Waals surface area contributed by atoms with Crippen molar-refractivity contribution in [3.05, 3.63) is 29.3 Å². The molecule has 4 aliphatic rings. The van der Waals surface area contributed by atoms with Gasteiger partial charge in [0.2, 0.25) is 5.95 Å². The van der Waals surface area contributed by atoms with Crippen LogP contribution in [0.3, 0.4) is 0 Å². The molecule has 13 heteroatoms. The molecule has 0 amide bonds. The number of nitrogens with one attached hydrogen (secondary N) is 1. The Kier molecular flexibility index (Phi) is 7.72. The van der Waals surface area contributed by atoms with Crippen LogP contribution in [0.25, 0.3) is 33.1 Å². The minimum absolute atomic E-state index is 0.0267. The van der Waals surface area contributed by atoms with Gasteiger partial charge in [0.1, 0.15) is 23.5 Å². The largest absolute Gasteiger partial charge is 0.461 e. The van der Waals surface area contributed by atoms with Crippen molar-refractivity contribution in [2.24, 2.45) is 7.05 Å². The fourth-order valence-corrected chi connectivity index (χ4v) is 7.99. The van der Waals surface area contributed by atoms with Crippen LogP contribution in [0.15, 0.2) is 18.5 Å². The van der Waals surface area contributed by atoms with Gasteiger partial charge in [-0.2, -0.15) is 9.97 Å². The van der Waals surface area contributed by atoms with Crippen LogP contribution >= 0.6 is 11.6 Å². The van der Waals surface area contributed by atoms with Crippen LogP contribution in [0.4, 0.5) is 16.2 Å². The van der Waals surface area contributed by atoms with Crippen LogP contribution in [0, 0.1) is 5.82 Å². The summed E-state index contributed by atoms with van der Waals surface area (Å²) in [6, 6.07) is 2.76. The first kappa shape index (κ1) is 29.4. The number of hydrogen-bond donors (Lipinski definition) is 2. The van der Waals surface area contributed by atoms with Crippen LogP contribution in [0.5, 0.6) is 6.01 Å². The highest BCUT2D eigenvalue weighted by molar-refractivity contribution is 6.35. The highest BCUT2D eigenvalue weighted by Gasteiger charge is 2.45. The molecule has 0 spiro atoms. The van der Waals surface area contributed by atoms with E-state index in [0.717, 1.165) is 57.4 Å². The molecule has 234 valence electrons. The first-order valence-corrected chi connectivity index (χ1v) is 15.7. The summed E-state index contributed by atoms with van der Waals surface area (Å²) in [6.07, 6.45) is 10.2. The average Bonchev–Trinajstić information content (AvgIpc) is 3.75. The molecule has 2 unspecified atom stereocenters. The number of nitrogens with two attached hydrogens (primary N) is 1. The summed E-state index contributed by atoms with van der Waals surface area (Å²) in [5, 5.41) is 4.52. The predicted octanol–water partition coefficient (Wildman–Crippen LogP) is 4.16. The third-order valence-electron chi connectivity index (χ3n) is 9.65. The van der Waals surface area contributed by atoms with Crippen molar-refractivity contribution in [1.29, 1.82) is 0 Å². The van der Waals surface area contributed by atoms with Gasteiger partial charge in [-0.3, -0.25) is 4.90 Å². The lowest BCUT2D eigenvalue weighted by molar-refractivity contribution is 0.108. The number of piperazine rings is 1. The van der Waals surface area contributed by atoms with E-state index in [-0.39, 0.29) is 33.6 Å². The van der Waals surface area contributed by atoms with E-state index in [1.165, 1.54) is 12.8 Å². The Balaban J connectivity index is 0.00000100. The number of benzene rings is 1. The van der Waals surface area contributed by atoms with Gasteiger partial charge in [-0.15, -0.1) is 0 Å². The fourth-order valence-electron chi connectivity index (χ4n) is 7.69. The van der Waals surface area contributed by atoms with E-state index in [2.05, 4.69) is 29.8 Å². The van der Waals surface area contributed by atoms with Crippen LogP contribution in [-0.2, 0) is 11.8 Å². The molecule has 3 N–H and O–H groups in total. The van der Waals surface area contributed by atoms with Gasteiger partial charge in [0.25, 0.3) is 0 Å². The summed E-state index contributed by atoms with van der Waals surface area (Å²) in [5.74, 6) is 0.265. The third kappa shape index (κ3) is 5.01. The molecule has 11 nitrogen and oxygen atoms in total. The molecule has 8 rings (SSSR count). The monoisotopic (exact) mass is 623 g/mol. The zero-order valence-corrected chi connectivity index (χ0v) is 26.2. The predicted molar refractivity (Wildman–Crippen MR) is 170 cm³/mol. The first-order valence-electron chi connectivity index (χ1n) is 15.4. The Morgan fingerprint density at radius 2 is 1.80 bits per heavy atom. The van der Waals surface area contributed by atoms with Crippen molar-refractivity contribution in [1.82, 2.24) is 34.7 Å². The summed E-state index contributed by atoms with van der Waals surface area (Å²) in [6.45, 7) is 4.30. The van der Waals surface area contributed by atoms with E-state index in [4.69, 9.17) is 32.0 Å². The molecule has 4 saturated heterocycles. The number of nitrogens with zero attached hydrogens (tertiary/aromatic N) is 7. The highest BCUT2D eigenvalue weighted by atomic mass is 35.5. The number of anilines is 2. The van der Waals surface area contributed by atoms with Crippen LogP contribution in [0.1, 0.15) is 38.5 Å². The lowest BCUT2D eigenvalue weighted by Crippen LogP contribution is -2.51. The Hall–Kier alpha value is -3.32. The van der Waals surface area contributed by atoms with E-state index in [1.54, 1.807) is 32.7 Å². The van der Waals surface area contributed by atoms with Crippen LogP contribution in [0.2, 0.25) is 5.02 Å². The Morgan fingerprint density at radius 3 is 2.50 bits per heavy atom. The van der Waals surface area contributed by atoms with Crippen molar-refractivity contribution >= 4 is 45.3 Å². The number of fused-ring (bicyclic) bond motifs is 5. The molecule has 0 radical (unpaired) electrons. The molecule has 2 bridgehead atoms. The summed E-state index contributed by atoms with van der Waals surface area (Å²) in [4.78, 5) is 22.9. The fraction of sp³-hybridized carbons (Fsp3) is 0.548. The average molecular weight is 624 g/mol. The maximum absolute atomic E-state index is 16.7. The van der Waals surface area contributed by atoms with E-state index >= 15 is 4.39 Å². The molecule has 4 aromatic rings. The maximum atomic E-state index is 16.7. The molecule has 2 atom stereocenters. The summed E-state index contributed by atoms with van der Waals surface area (Å²) < 4.78 is 29.2. The summed E-state index contributed by atoms with van der Waals surface area (Å²) in [5.41, 5.74) is 8.16. The quantitative estimate of drug-likeness (QED) is 0.335.